The molecule has 9 heteroatoms. The van der Waals surface area contributed by atoms with E-state index in [0.717, 1.165) is 9.87 Å². The summed E-state index contributed by atoms with van der Waals surface area (Å²) in [7, 11) is -4.09. The molecule has 1 N–H and O–H groups in total. The Balaban J connectivity index is 1.91. The van der Waals surface area contributed by atoms with Gasteiger partial charge >= 0.3 is 5.97 Å². The maximum atomic E-state index is 13.6. The fraction of sp³-hybridized carbons (Fsp3) is 0.231. The summed E-state index contributed by atoms with van der Waals surface area (Å²) in [6.07, 6.45) is 0. The van der Waals surface area contributed by atoms with Gasteiger partial charge in [0.15, 0.2) is 0 Å². The fourth-order valence-electron chi connectivity index (χ4n) is 3.31. The third-order valence-corrected chi connectivity index (χ3v) is 6.78. The minimum atomic E-state index is -4.09. The number of sulfonamides is 1. The molecule has 0 aliphatic carbocycles. The molecule has 8 nitrogen and oxygen atoms in total. The van der Waals surface area contributed by atoms with Crippen LogP contribution in [0, 0.1) is 6.92 Å². The number of hydrogen-bond donors (Lipinski definition) is 1. The van der Waals surface area contributed by atoms with Crippen LogP contribution in [-0.4, -0.2) is 40.1 Å². The van der Waals surface area contributed by atoms with Crippen molar-refractivity contribution < 1.29 is 27.5 Å². The zero-order valence-electron chi connectivity index (χ0n) is 19.9. The van der Waals surface area contributed by atoms with E-state index in [9.17, 15) is 18.0 Å². The second-order valence-electron chi connectivity index (χ2n) is 7.57. The number of anilines is 2. The van der Waals surface area contributed by atoms with Crippen LogP contribution in [0.4, 0.5) is 11.4 Å². The predicted octanol–water partition coefficient (Wildman–Crippen LogP) is 4.40. The van der Waals surface area contributed by atoms with Crippen LogP contribution in [0.25, 0.3) is 0 Å². The van der Waals surface area contributed by atoms with Gasteiger partial charge in [0.05, 0.1) is 29.4 Å². The smallest absolute Gasteiger partial charge is 0.338 e. The molecular weight excluding hydrogens is 468 g/mol. The molecule has 0 heterocycles. The number of nitrogens with one attached hydrogen (secondary N) is 1. The molecular formula is C26H28N2O6S. The zero-order valence-corrected chi connectivity index (χ0v) is 20.7. The van der Waals surface area contributed by atoms with Gasteiger partial charge in [-0.15, -0.1) is 0 Å². The van der Waals surface area contributed by atoms with Crippen molar-refractivity contribution in [2.45, 2.75) is 25.7 Å². The molecule has 0 unspecified atom stereocenters. The highest BCUT2D eigenvalue weighted by Gasteiger charge is 2.29. The van der Waals surface area contributed by atoms with Crippen LogP contribution in [0.15, 0.2) is 77.7 Å². The van der Waals surface area contributed by atoms with Gasteiger partial charge in [-0.25, -0.2) is 13.2 Å². The van der Waals surface area contributed by atoms with Gasteiger partial charge in [-0.05, 0) is 69.3 Å². The van der Waals surface area contributed by atoms with Crippen molar-refractivity contribution in [1.82, 2.24) is 0 Å². The summed E-state index contributed by atoms with van der Waals surface area (Å²) in [5.74, 6) is -0.679. The SMILES string of the molecule is CCOC(=O)c1ccc(NC(=O)CN(c2ccccc2OCC)S(=O)(=O)c2ccc(C)cc2)cc1. The van der Waals surface area contributed by atoms with Crippen LogP contribution < -0.4 is 14.4 Å². The molecule has 0 aromatic heterocycles. The molecule has 35 heavy (non-hydrogen) atoms. The van der Waals surface area contributed by atoms with E-state index in [-0.39, 0.29) is 17.2 Å². The average molecular weight is 497 g/mol. The molecule has 0 atom stereocenters. The van der Waals surface area contributed by atoms with Gasteiger partial charge in [-0.2, -0.15) is 0 Å². The summed E-state index contributed by atoms with van der Waals surface area (Å²) in [6.45, 7) is 5.47. The summed E-state index contributed by atoms with van der Waals surface area (Å²) in [6, 6.07) is 19.2. The van der Waals surface area contributed by atoms with E-state index in [1.165, 1.54) is 24.3 Å². The standard InChI is InChI=1S/C26H28N2O6S/c1-4-33-24-9-7-6-8-23(24)28(35(31,32)22-16-10-19(3)11-17-22)18-25(29)27-21-14-12-20(13-15-21)26(30)34-5-2/h6-17H,4-5,18H2,1-3H3,(H,27,29). The van der Waals surface area contributed by atoms with E-state index in [0.29, 0.717) is 23.6 Å². The number of ether oxygens (including phenoxy) is 2. The Kier molecular flexibility index (Phi) is 8.48. The number of hydrogen-bond acceptors (Lipinski definition) is 6. The van der Waals surface area contributed by atoms with Crippen LogP contribution in [0.5, 0.6) is 5.75 Å². The summed E-state index contributed by atoms with van der Waals surface area (Å²) >= 11 is 0. The van der Waals surface area contributed by atoms with Crippen molar-refractivity contribution in [3.05, 3.63) is 83.9 Å². The second-order valence-corrected chi connectivity index (χ2v) is 9.43. The normalized spacial score (nSPS) is 10.9. The van der Waals surface area contributed by atoms with Crippen molar-refractivity contribution in [2.75, 3.05) is 29.4 Å². The number of esters is 1. The first-order chi connectivity index (χ1) is 16.8. The van der Waals surface area contributed by atoms with Gasteiger partial charge in [0.2, 0.25) is 5.91 Å². The highest BCUT2D eigenvalue weighted by Crippen LogP contribution is 2.32. The first kappa shape index (κ1) is 25.8. The van der Waals surface area contributed by atoms with Crippen molar-refractivity contribution in [2.24, 2.45) is 0 Å². The van der Waals surface area contributed by atoms with Crippen LogP contribution >= 0.6 is 0 Å². The third-order valence-electron chi connectivity index (χ3n) is 5.01. The average Bonchev–Trinajstić information content (AvgIpc) is 2.84. The molecule has 0 saturated carbocycles. The zero-order chi connectivity index (χ0) is 25.4. The Morgan fingerprint density at radius 1 is 0.886 bits per heavy atom. The Morgan fingerprint density at radius 2 is 1.54 bits per heavy atom. The van der Waals surface area contributed by atoms with Gasteiger partial charge < -0.3 is 14.8 Å². The van der Waals surface area contributed by atoms with Gasteiger partial charge in [0, 0.05) is 5.69 Å². The molecule has 0 radical (unpaired) electrons. The van der Waals surface area contributed by atoms with Gasteiger partial charge in [-0.1, -0.05) is 29.8 Å². The highest BCUT2D eigenvalue weighted by molar-refractivity contribution is 7.92. The fourth-order valence-corrected chi connectivity index (χ4v) is 4.74. The first-order valence-corrected chi connectivity index (χ1v) is 12.6. The molecule has 3 aromatic rings. The van der Waals surface area contributed by atoms with Gasteiger partial charge in [-0.3, -0.25) is 9.10 Å². The molecule has 3 aromatic carbocycles. The summed E-state index contributed by atoms with van der Waals surface area (Å²) in [5.41, 5.74) is 1.92. The number of benzene rings is 3. The lowest BCUT2D eigenvalue weighted by molar-refractivity contribution is -0.114. The van der Waals surface area contributed by atoms with Crippen molar-refractivity contribution in [3.63, 3.8) is 0 Å². The molecule has 0 aliphatic rings. The summed E-state index contributed by atoms with van der Waals surface area (Å²) in [4.78, 5) is 24.9. The summed E-state index contributed by atoms with van der Waals surface area (Å²) < 4.78 is 38.8. The van der Waals surface area contributed by atoms with Crippen molar-refractivity contribution in [3.8, 4) is 5.75 Å². The largest absolute Gasteiger partial charge is 0.492 e. The molecule has 0 fully saturated rings. The van der Waals surface area contributed by atoms with E-state index in [2.05, 4.69) is 5.32 Å². The molecule has 0 saturated heterocycles. The molecule has 0 spiro atoms. The lowest BCUT2D eigenvalue weighted by atomic mass is 10.2. The Labute approximate surface area is 205 Å². The third kappa shape index (κ3) is 6.39. The number of aryl methyl sites for hydroxylation is 1. The topological polar surface area (TPSA) is 102 Å². The molecule has 0 aliphatic heterocycles. The van der Waals surface area contributed by atoms with Gasteiger partial charge in [0.1, 0.15) is 12.3 Å². The number of para-hydroxylation sites is 2. The van der Waals surface area contributed by atoms with Gasteiger partial charge in [0.25, 0.3) is 10.0 Å². The Bertz CT molecular complexity index is 1270. The van der Waals surface area contributed by atoms with E-state index < -0.39 is 28.4 Å². The molecule has 3 rings (SSSR count). The monoisotopic (exact) mass is 496 g/mol. The summed E-state index contributed by atoms with van der Waals surface area (Å²) in [5, 5.41) is 2.69. The van der Waals surface area contributed by atoms with Crippen LogP contribution in [0.3, 0.4) is 0 Å². The second kappa shape index (κ2) is 11.5. The van der Waals surface area contributed by atoms with E-state index in [4.69, 9.17) is 9.47 Å². The maximum absolute atomic E-state index is 13.6. The van der Waals surface area contributed by atoms with Crippen molar-refractivity contribution in [1.29, 1.82) is 0 Å². The number of nitrogens with zero attached hydrogens (tertiary/aromatic N) is 1. The molecule has 184 valence electrons. The maximum Gasteiger partial charge on any atom is 0.338 e. The van der Waals surface area contributed by atoms with Crippen molar-refractivity contribution >= 4 is 33.3 Å². The lowest BCUT2D eigenvalue weighted by Crippen LogP contribution is -2.38. The molecule has 1 amide bonds. The van der Waals surface area contributed by atoms with Crippen LogP contribution in [0.1, 0.15) is 29.8 Å². The Hall–Kier alpha value is -3.85. The number of amides is 1. The van der Waals surface area contributed by atoms with E-state index >= 15 is 0 Å². The van der Waals surface area contributed by atoms with Crippen LogP contribution in [0.2, 0.25) is 0 Å². The number of rotatable bonds is 10. The van der Waals surface area contributed by atoms with Crippen LogP contribution in [-0.2, 0) is 19.6 Å². The first-order valence-electron chi connectivity index (χ1n) is 11.1. The lowest BCUT2D eigenvalue weighted by Gasteiger charge is -2.26. The minimum absolute atomic E-state index is 0.0565. The molecule has 0 bridgehead atoms. The van der Waals surface area contributed by atoms with E-state index in [1.54, 1.807) is 62.4 Å². The minimum Gasteiger partial charge on any atom is -0.492 e. The highest BCUT2D eigenvalue weighted by atomic mass is 32.2. The van der Waals surface area contributed by atoms with E-state index in [1.807, 2.05) is 6.92 Å². The number of carbonyl (C=O) groups excluding carboxylic acids is 2. The Morgan fingerprint density at radius 3 is 2.17 bits per heavy atom. The number of carbonyl (C=O) groups is 2. The predicted molar refractivity (Wildman–Crippen MR) is 134 cm³/mol. The quantitative estimate of drug-likeness (QED) is 0.417.